The van der Waals surface area contributed by atoms with Gasteiger partial charge < -0.3 is 5.41 Å². The average Bonchev–Trinajstić information content (AvgIpc) is 3.23. The summed E-state index contributed by atoms with van der Waals surface area (Å²) in [5.41, 5.74) is 4.28. The lowest BCUT2D eigenvalue weighted by molar-refractivity contribution is 0.768. The van der Waals surface area contributed by atoms with Crippen molar-refractivity contribution in [1.82, 2.24) is 20.0 Å². The molecule has 0 fully saturated rings. The van der Waals surface area contributed by atoms with E-state index in [0.29, 0.717) is 6.54 Å². The lowest BCUT2D eigenvalue weighted by Gasteiger charge is -2.03. The highest BCUT2D eigenvalue weighted by molar-refractivity contribution is 5.88. The van der Waals surface area contributed by atoms with Crippen molar-refractivity contribution < 1.29 is 0 Å². The molecule has 0 radical (unpaired) electrons. The van der Waals surface area contributed by atoms with Crippen molar-refractivity contribution in [3.63, 3.8) is 0 Å². The third-order valence-electron chi connectivity index (χ3n) is 3.59. The summed E-state index contributed by atoms with van der Waals surface area (Å²) < 4.78 is 1.79. The molecule has 1 atom stereocenters. The molecule has 1 aromatic carbocycles. The van der Waals surface area contributed by atoms with Crippen molar-refractivity contribution in [1.29, 1.82) is 5.41 Å². The van der Waals surface area contributed by atoms with E-state index in [0.717, 1.165) is 22.3 Å². The van der Waals surface area contributed by atoms with Gasteiger partial charge >= 0.3 is 0 Å². The zero-order valence-electron chi connectivity index (χ0n) is 12.8. The number of aromatic amines is 1. The SMILES string of the molecule is Cn1cc(-c2cccc(CN=CC(C=N)c3cn[nH]c3)c2)cn1. The maximum absolute atomic E-state index is 7.50. The fraction of sp³-hybridized carbons (Fsp3) is 0.176. The van der Waals surface area contributed by atoms with Gasteiger partial charge in [0.1, 0.15) is 0 Å². The van der Waals surface area contributed by atoms with Gasteiger partial charge in [0.15, 0.2) is 0 Å². The first-order valence-electron chi connectivity index (χ1n) is 7.33. The fourth-order valence-corrected chi connectivity index (χ4v) is 2.36. The largest absolute Gasteiger partial charge is 0.312 e. The molecule has 0 bridgehead atoms. The molecule has 3 aromatic rings. The molecule has 6 heteroatoms. The summed E-state index contributed by atoms with van der Waals surface area (Å²) in [6, 6.07) is 8.26. The van der Waals surface area contributed by atoms with Crippen molar-refractivity contribution in [2.45, 2.75) is 12.5 Å². The van der Waals surface area contributed by atoms with Crippen molar-refractivity contribution >= 4 is 12.4 Å². The van der Waals surface area contributed by atoms with Gasteiger partial charge in [-0.15, -0.1) is 0 Å². The minimum atomic E-state index is -0.143. The highest BCUT2D eigenvalue weighted by Crippen LogP contribution is 2.20. The molecule has 0 aliphatic heterocycles. The Labute approximate surface area is 134 Å². The molecular formula is C17H18N6. The standard InChI is InChI=1S/C17H18N6/c1-23-12-17(11-22-23)14-4-2-3-13(5-14)7-19-8-15(6-18)16-9-20-21-10-16/h2-6,8-12,15,18H,7H2,1H3,(H,20,21). The second-order valence-corrected chi connectivity index (χ2v) is 5.32. The Morgan fingerprint density at radius 1 is 1.35 bits per heavy atom. The van der Waals surface area contributed by atoms with E-state index in [-0.39, 0.29) is 5.92 Å². The molecule has 116 valence electrons. The smallest absolute Gasteiger partial charge is 0.0636 e. The molecule has 2 heterocycles. The third-order valence-corrected chi connectivity index (χ3v) is 3.59. The van der Waals surface area contributed by atoms with Crippen LogP contribution in [0.15, 0.2) is 54.0 Å². The van der Waals surface area contributed by atoms with E-state index in [9.17, 15) is 0 Å². The van der Waals surface area contributed by atoms with Crippen LogP contribution in [0.4, 0.5) is 0 Å². The summed E-state index contributed by atoms with van der Waals surface area (Å²) in [6.45, 7) is 0.580. The third kappa shape index (κ3) is 3.60. The Balaban J connectivity index is 1.71. The van der Waals surface area contributed by atoms with E-state index in [1.54, 1.807) is 23.3 Å². The Hall–Kier alpha value is -3.02. The van der Waals surface area contributed by atoms with Gasteiger partial charge in [0.2, 0.25) is 0 Å². The van der Waals surface area contributed by atoms with Crippen LogP contribution in [0.3, 0.4) is 0 Å². The molecule has 0 spiro atoms. The summed E-state index contributed by atoms with van der Waals surface area (Å²) in [4.78, 5) is 4.47. The summed E-state index contributed by atoms with van der Waals surface area (Å²) in [5, 5.41) is 18.4. The monoisotopic (exact) mass is 306 g/mol. The molecule has 0 saturated carbocycles. The maximum atomic E-state index is 7.50. The Morgan fingerprint density at radius 3 is 2.96 bits per heavy atom. The number of H-pyrrole nitrogens is 1. The van der Waals surface area contributed by atoms with Crippen LogP contribution in [0, 0.1) is 5.41 Å². The molecule has 2 aromatic heterocycles. The van der Waals surface area contributed by atoms with Crippen molar-refractivity contribution in [3.05, 3.63) is 60.2 Å². The highest BCUT2D eigenvalue weighted by atomic mass is 15.2. The minimum Gasteiger partial charge on any atom is -0.312 e. The highest BCUT2D eigenvalue weighted by Gasteiger charge is 2.06. The van der Waals surface area contributed by atoms with Gasteiger partial charge in [0.25, 0.3) is 0 Å². The number of aryl methyl sites for hydroxylation is 1. The van der Waals surface area contributed by atoms with Gasteiger partial charge in [-0.2, -0.15) is 10.2 Å². The molecule has 3 rings (SSSR count). The van der Waals surface area contributed by atoms with Gasteiger partial charge in [-0.1, -0.05) is 18.2 Å². The molecule has 23 heavy (non-hydrogen) atoms. The number of aliphatic imine (C=N–C) groups is 1. The predicted octanol–water partition coefficient (Wildman–Crippen LogP) is 2.81. The first-order chi connectivity index (χ1) is 11.3. The quantitative estimate of drug-likeness (QED) is 0.686. The number of nitrogens with one attached hydrogen (secondary N) is 2. The van der Waals surface area contributed by atoms with E-state index < -0.39 is 0 Å². The fourth-order valence-electron chi connectivity index (χ4n) is 2.36. The average molecular weight is 306 g/mol. The maximum Gasteiger partial charge on any atom is 0.0636 e. The van der Waals surface area contributed by atoms with Crippen LogP contribution in [-0.2, 0) is 13.6 Å². The molecule has 2 N–H and O–H groups in total. The Kier molecular flexibility index (Phi) is 4.42. The summed E-state index contributed by atoms with van der Waals surface area (Å²) in [5.74, 6) is -0.143. The zero-order valence-corrected chi connectivity index (χ0v) is 12.8. The normalized spacial score (nSPS) is 12.6. The van der Waals surface area contributed by atoms with Crippen LogP contribution in [0.2, 0.25) is 0 Å². The first-order valence-corrected chi connectivity index (χ1v) is 7.33. The molecule has 1 unspecified atom stereocenters. The molecule has 0 amide bonds. The van der Waals surface area contributed by atoms with Crippen LogP contribution in [0.5, 0.6) is 0 Å². The van der Waals surface area contributed by atoms with E-state index in [4.69, 9.17) is 5.41 Å². The summed E-state index contributed by atoms with van der Waals surface area (Å²) >= 11 is 0. The van der Waals surface area contributed by atoms with Gasteiger partial charge in [0, 0.05) is 43.0 Å². The number of benzene rings is 1. The Bertz CT molecular complexity index is 800. The molecule has 0 aliphatic rings. The molecule has 6 nitrogen and oxygen atoms in total. The molecule has 0 saturated heterocycles. The van der Waals surface area contributed by atoms with Crippen LogP contribution in [0.1, 0.15) is 17.0 Å². The predicted molar refractivity (Wildman–Crippen MR) is 91.0 cm³/mol. The number of rotatable bonds is 6. The van der Waals surface area contributed by atoms with Gasteiger partial charge in [-0.05, 0) is 17.2 Å². The van der Waals surface area contributed by atoms with Crippen molar-refractivity contribution in [3.8, 4) is 11.1 Å². The number of nitrogens with zero attached hydrogens (tertiary/aromatic N) is 4. The molecule has 0 aliphatic carbocycles. The van der Waals surface area contributed by atoms with Crippen LogP contribution in [-0.4, -0.2) is 32.4 Å². The van der Waals surface area contributed by atoms with Crippen molar-refractivity contribution in [2.24, 2.45) is 12.0 Å². The zero-order chi connectivity index (χ0) is 16.1. The number of aromatic nitrogens is 4. The van der Waals surface area contributed by atoms with Gasteiger partial charge in [0.05, 0.1) is 24.9 Å². The van der Waals surface area contributed by atoms with E-state index in [2.05, 4.69) is 38.5 Å². The summed E-state index contributed by atoms with van der Waals surface area (Å²) in [6.07, 6.45) is 10.5. The van der Waals surface area contributed by atoms with E-state index in [1.807, 2.05) is 25.5 Å². The first kappa shape index (κ1) is 14.9. The van der Waals surface area contributed by atoms with Gasteiger partial charge in [-0.3, -0.25) is 14.8 Å². The lowest BCUT2D eigenvalue weighted by atomic mass is 10.1. The van der Waals surface area contributed by atoms with Crippen LogP contribution in [0.25, 0.3) is 11.1 Å². The minimum absolute atomic E-state index is 0.143. The second kappa shape index (κ2) is 6.83. The topological polar surface area (TPSA) is 82.7 Å². The van der Waals surface area contributed by atoms with E-state index in [1.165, 1.54) is 6.21 Å². The van der Waals surface area contributed by atoms with Crippen LogP contribution >= 0.6 is 0 Å². The number of hydrogen-bond acceptors (Lipinski definition) is 4. The lowest BCUT2D eigenvalue weighted by Crippen LogP contribution is -2.00. The Morgan fingerprint density at radius 2 is 2.26 bits per heavy atom. The van der Waals surface area contributed by atoms with Gasteiger partial charge in [-0.25, -0.2) is 0 Å². The summed E-state index contributed by atoms with van der Waals surface area (Å²) in [7, 11) is 1.91. The second-order valence-electron chi connectivity index (χ2n) is 5.32. The van der Waals surface area contributed by atoms with Crippen LogP contribution < -0.4 is 0 Å². The molecular weight excluding hydrogens is 288 g/mol. The number of hydrogen-bond donors (Lipinski definition) is 2. The van der Waals surface area contributed by atoms with Crippen molar-refractivity contribution in [2.75, 3.05) is 0 Å². The van der Waals surface area contributed by atoms with E-state index >= 15 is 0 Å².